The van der Waals surface area contributed by atoms with E-state index in [1.165, 1.54) is 11.1 Å². The second-order valence-corrected chi connectivity index (χ2v) is 9.62. The smallest absolute Gasteiger partial charge is 0.212 e. The molecule has 0 saturated carbocycles. The van der Waals surface area contributed by atoms with Crippen LogP contribution in [-0.2, 0) is 12.0 Å². The van der Waals surface area contributed by atoms with E-state index in [4.69, 9.17) is 14.8 Å². The number of piperazine rings is 1. The van der Waals surface area contributed by atoms with Crippen LogP contribution in [0.15, 0.2) is 60.0 Å². The van der Waals surface area contributed by atoms with Gasteiger partial charge in [-0.15, -0.1) is 5.10 Å². The Hall–Kier alpha value is -3.56. The van der Waals surface area contributed by atoms with E-state index in [1.807, 2.05) is 29.2 Å². The molecule has 0 aromatic carbocycles. The lowest BCUT2D eigenvalue weighted by Crippen LogP contribution is -2.81. The molecule has 2 N–H and O–H groups in total. The zero-order chi connectivity index (χ0) is 22.8. The van der Waals surface area contributed by atoms with Crippen molar-refractivity contribution in [1.29, 1.82) is 0 Å². The Labute approximate surface area is 196 Å². The fourth-order valence-electron chi connectivity index (χ4n) is 6.36. The third-order valence-electron chi connectivity index (χ3n) is 7.72. The number of likely N-dealkylation sites (tertiary alicyclic amines) is 1. The molecule has 2 fully saturated rings. The number of fused-ring (bicyclic) bond motifs is 5. The summed E-state index contributed by atoms with van der Waals surface area (Å²) >= 11 is 0. The molecule has 34 heavy (non-hydrogen) atoms. The van der Waals surface area contributed by atoms with Crippen LogP contribution in [0.5, 0.6) is 5.88 Å². The number of hydrogen-bond acceptors (Lipinski definition) is 7. The zero-order valence-corrected chi connectivity index (χ0v) is 19.0. The van der Waals surface area contributed by atoms with E-state index in [2.05, 4.69) is 61.9 Å². The molecule has 9 nitrogen and oxygen atoms in total. The first-order valence-electron chi connectivity index (χ1n) is 11.7. The highest BCUT2D eigenvalue weighted by molar-refractivity contribution is 5.91. The summed E-state index contributed by atoms with van der Waals surface area (Å²) in [4.78, 5) is 11.9. The number of allylic oxidation sites excluding steroid dienone is 1. The summed E-state index contributed by atoms with van der Waals surface area (Å²) in [6.45, 7) is 2.61. The molecule has 0 spiro atoms. The van der Waals surface area contributed by atoms with Gasteiger partial charge in [-0.2, -0.15) is 5.10 Å². The molecular weight excluding hydrogens is 428 g/mol. The Kier molecular flexibility index (Phi) is 4.22. The third-order valence-corrected chi connectivity index (χ3v) is 7.72. The summed E-state index contributed by atoms with van der Waals surface area (Å²) in [5.74, 6) is 0.645. The number of piperidine rings is 1. The Bertz CT molecular complexity index is 1430. The van der Waals surface area contributed by atoms with Crippen LogP contribution in [0.4, 0.5) is 0 Å². The lowest BCUT2D eigenvalue weighted by atomic mass is 9.66. The minimum atomic E-state index is -0.328. The number of dihydropyridines is 1. The maximum absolute atomic E-state index is 5.26. The summed E-state index contributed by atoms with van der Waals surface area (Å²) in [7, 11) is 1.65. The van der Waals surface area contributed by atoms with Gasteiger partial charge in [0.05, 0.1) is 36.3 Å². The van der Waals surface area contributed by atoms with Crippen LogP contribution in [0.2, 0.25) is 0 Å². The molecule has 9 heteroatoms. The molecule has 3 atom stereocenters. The molecular formula is C25H26N8O. The molecule has 4 aromatic rings. The number of aromatic nitrogens is 5. The molecule has 3 unspecified atom stereocenters. The van der Waals surface area contributed by atoms with E-state index in [1.54, 1.807) is 7.11 Å². The van der Waals surface area contributed by atoms with Crippen LogP contribution in [0.1, 0.15) is 17.5 Å². The van der Waals surface area contributed by atoms with E-state index in [0.29, 0.717) is 18.5 Å². The number of pyridine rings is 2. The molecule has 2 bridgehead atoms. The van der Waals surface area contributed by atoms with Crippen molar-refractivity contribution in [3.63, 3.8) is 0 Å². The number of aromatic amines is 1. The van der Waals surface area contributed by atoms with Gasteiger partial charge in [0.2, 0.25) is 5.88 Å². The number of aliphatic imine (C=N–C) groups is 1. The highest BCUT2D eigenvalue weighted by atomic mass is 16.5. The van der Waals surface area contributed by atoms with Gasteiger partial charge in [-0.1, -0.05) is 18.2 Å². The molecule has 0 radical (unpaired) electrons. The standard InChI is InChI=1S/C25H26N8O/c1-34-22-6-3-17(11-28-22)9-24-10-19(12-27-15-24)33(24)25(7-2-8-26-16-25)18-4-5-21-20-13-29-30-23(20)31-32(21)14-18/h2-8,11,13-14,19,27H,9-10,12,15-16H2,1H3,(H,30,31). The molecule has 0 amide bonds. The number of methoxy groups -OCH3 is 1. The number of hydrogen-bond donors (Lipinski definition) is 2. The predicted molar refractivity (Wildman–Crippen MR) is 129 cm³/mol. The van der Waals surface area contributed by atoms with Crippen molar-refractivity contribution in [3.05, 3.63) is 66.1 Å². The van der Waals surface area contributed by atoms with Gasteiger partial charge in [-0.05, 0) is 36.1 Å². The van der Waals surface area contributed by atoms with Crippen LogP contribution in [-0.4, -0.2) is 74.2 Å². The van der Waals surface area contributed by atoms with E-state index in [-0.39, 0.29) is 11.1 Å². The van der Waals surface area contributed by atoms with Gasteiger partial charge in [0.1, 0.15) is 0 Å². The Balaban J connectivity index is 1.32. The van der Waals surface area contributed by atoms with E-state index >= 15 is 0 Å². The van der Waals surface area contributed by atoms with Crippen LogP contribution >= 0.6 is 0 Å². The highest BCUT2D eigenvalue weighted by Gasteiger charge is 2.61. The Morgan fingerprint density at radius 1 is 1.21 bits per heavy atom. The molecule has 3 aliphatic rings. The Morgan fingerprint density at radius 3 is 2.97 bits per heavy atom. The average molecular weight is 455 g/mol. The number of nitrogens with zero attached hydrogens (tertiary/aromatic N) is 6. The van der Waals surface area contributed by atoms with Crippen LogP contribution in [0, 0.1) is 0 Å². The van der Waals surface area contributed by atoms with Crippen molar-refractivity contribution in [3.8, 4) is 5.88 Å². The number of nitrogens with one attached hydrogen (secondary N) is 2. The Morgan fingerprint density at radius 2 is 2.18 bits per heavy atom. The number of H-pyrrole nitrogens is 1. The second kappa shape index (κ2) is 7.22. The van der Waals surface area contributed by atoms with Gasteiger partial charge >= 0.3 is 0 Å². The quantitative estimate of drug-likeness (QED) is 0.480. The summed E-state index contributed by atoms with van der Waals surface area (Å²) in [5, 5.41) is 16.5. The predicted octanol–water partition coefficient (Wildman–Crippen LogP) is 2.11. The number of rotatable bonds is 5. The fraction of sp³-hybridized carbons (Fsp3) is 0.360. The van der Waals surface area contributed by atoms with E-state index in [9.17, 15) is 0 Å². The zero-order valence-electron chi connectivity index (χ0n) is 19.0. The van der Waals surface area contributed by atoms with Crippen molar-refractivity contribution in [2.75, 3.05) is 26.7 Å². The first-order chi connectivity index (χ1) is 16.7. The van der Waals surface area contributed by atoms with Gasteiger partial charge in [0, 0.05) is 49.3 Å². The largest absolute Gasteiger partial charge is 0.481 e. The molecule has 172 valence electrons. The minimum Gasteiger partial charge on any atom is -0.481 e. The average Bonchev–Trinajstić information content (AvgIpc) is 3.46. The van der Waals surface area contributed by atoms with Crippen molar-refractivity contribution < 1.29 is 4.74 Å². The van der Waals surface area contributed by atoms with Gasteiger partial charge in [0.15, 0.2) is 5.65 Å². The lowest BCUT2D eigenvalue weighted by molar-refractivity contribution is -0.153. The van der Waals surface area contributed by atoms with Crippen LogP contribution in [0.25, 0.3) is 16.6 Å². The van der Waals surface area contributed by atoms with Crippen LogP contribution in [0.3, 0.4) is 0 Å². The number of ether oxygens (including phenoxy) is 1. The van der Waals surface area contributed by atoms with Gasteiger partial charge < -0.3 is 10.1 Å². The lowest BCUT2D eigenvalue weighted by Gasteiger charge is -2.68. The fourth-order valence-corrected chi connectivity index (χ4v) is 6.36. The second-order valence-electron chi connectivity index (χ2n) is 9.62. The topological polar surface area (TPSA) is 95.7 Å². The summed E-state index contributed by atoms with van der Waals surface area (Å²) in [6, 6.07) is 8.92. The van der Waals surface area contributed by atoms with Crippen molar-refractivity contribution in [2.45, 2.75) is 30.0 Å². The third kappa shape index (κ3) is 2.74. The summed E-state index contributed by atoms with van der Waals surface area (Å²) in [6.07, 6.45) is 14.4. The van der Waals surface area contributed by atoms with E-state index in [0.717, 1.165) is 42.5 Å². The molecule has 3 aliphatic heterocycles. The van der Waals surface area contributed by atoms with Gasteiger partial charge in [-0.3, -0.25) is 15.0 Å². The highest BCUT2D eigenvalue weighted by Crippen LogP contribution is 2.51. The van der Waals surface area contributed by atoms with Gasteiger partial charge in [0.25, 0.3) is 0 Å². The molecule has 7 rings (SSSR count). The first-order valence-corrected chi connectivity index (χ1v) is 11.7. The summed E-state index contributed by atoms with van der Waals surface area (Å²) in [5.41, 5.74) is 3.94. The molecule has 4 aromatic heterocycles. The monoisotopic (exact) mass is 454 g/mol. The molecule has 7 heterocycles. The maximum Gasteiger partial charge on any atom is 0.212 e. The van der Waals surface area contributed by atoms with Crippen molar-refractivity contribution >= 4 is 22.8 Å². The molecule has 2 saturated heterocycles. The SMILES string of the molecule is COc1ccc(CC23CNCC(C2)N3C2(c3ccc4c5cn[nH]c5nn4c3)C=CC=NC2)cn1. The van der Waals surface area contributed by atoms with Gasteiger partial charge in [-0.25, -0.2) is 9.50 Å². The summed E-state index contributed by atoms with van der Waals surface area (Å²) < 4.78 is 7.23. The normalized spacial score (nSPS) is 28.4. The maximum atomic E-state index is 5.26. The van der Waals surface area contributed by atoms with Crippen molar-refractivity contribution in [1.82, 2.24) is 35.0 Å². The molecule has 0 aliphatic carbocycles. The minimum absolute atomic E-state index is 0.00850. The van der Waals surface area contributed by atoms with Crippen LogP contribution < -0.4 is 10.1 Å². The van der Waals surface area contributed by atoms with Crippen molar-refractivity contribution in [2.24, 2.45) is 4.99 Å². The van der Waals surface area contributed by atoms with E-state index < -0.39 is 0 Å². The first kappa shape index (κ1) is 19.9.